The molecule has 1 amide bonds. The molecule has 2 N–H and O–H groups in total. The maximum Gasteiger partial charge on any atom is 0.313 e. The quantitative estimate of drug-likeness (QED) is 0.498. The van der Waals surface area contributed by atoms with Crippen molar-refractivity contribution in [3.05, 3.63) is 51.0 Å². The molecule has 3 aliphatic heterocycles. The Balaban J connectivity index is 0.000000623. The monoisotopic (exact) mass is 495 g/mol. The van der Waals surface area contributed by atoms with Gasteiger partial charge in [-0.05, 0) is 61.9 Å². The first-order valence-corrected chi connectivity index (χ1v) is 12.4. The number of nitrogens with zero attached hydrogens (tertiary/aromatic N) is 2. The lowest BCUT2D eigenvalue weighted by Gasteiger charge is -2.37. The molecule has 0 bridgehead atoms. The van der Waals surface area contributed by atoms with Gasteiger partial charge in [0.15, 0.2) is 0 Å². The summed E-state index contributed by atoms with van der Waals surface area (Å²) in [6.07, 6.45) is 3.31. The van der Waals surface area contributed by atoms with E-state index in [1.165, 1.54) is 0 Å². The van der Waals surface area contributed by atoms with Gasteiger partial charge in [-0.1, -0.05) is 6.92 Å². The molecule has 6 rings (SSSR count). The second-order valence-electron chi connectivity index (χ2n) is 9.70. The minimum Gasteiger partial charge on any atom is -0.460 e. The highest BCUT2D eigenvalue weighted by Gasteiger charge is 2.47. The average molecular weight is 496 g/mol. The molecule has 0 spiro atoms. The number of fused-ring (bicyclic) bond motifs is 4. The molecule has 2 aromatic rings. The van der Waals surface area contributed by atoms with E-state index in [0.29, 0.717) is 42.3 Å². The summed E-state index contributed by atoms with van der Waals surface area (Å²) in [6, 6.07) is 1.46. The van der Waals surface area contributed by atoms with Gasteiger partial charge in [0.1, 0.15) is 18.7 Å². The highest BCUT2D eigenvalue weighted by atomic mass is 19.1. The van der Waals surface area contributed by atoms with E-state index >= 15 is 0 Å². The Morgan fingerprint density at radius 3 is 2.75 bits per heavy atom. The smallest absolute Gasteiger partial charge is 0.313 e. The van der Waals surface area contributed by atoms with E-state index in [1.807, 2.05) is 25.8 Å². The Hall–Kier alpha value is -3.17. The molecular formula is C27H30FN3O5. The first-order valence-electron chi connectivity index (χ1n) is 12.4. The fourth-order valence-corrected chi connectivity index (χ4v) is 6.32. The first-order chi connectivity index (χ1) is 17.4. The van der Waals surface area contributed by atoms with Crippen molar-refractivity contribution in [2.75, 3.05) is 20.3 Å². The summed E-state index contributed by atoms with van der Waals surface area (Å²) in [6.45, 7) is 3.97. The van der Waals surface area contributed by atoms with E-state index in [9.17, 15) is 14.0 Å². The van der Waals surface area contributed by atoms with Crippen LogP contribution in [0.25, 0.3) is 10.9 Å². The van der Waals surface area contributed by atoms with Gasteiger partial charge < -0.3 is 24.9 Å². The molecule has 0 fully saturated rings. The Kier molecular flexibility index (Phi) is 6.38. The SMILES string of the molecule is CCC1C(=O)OCC2=C1CC1c3nc4cc(F)c(C)c5c4c(c3CN1C2=O)C(NC)CC5.O=CCO. The van der Waals surface area contributed by atoms with E-state index in [0.717, 1.165) is 46.2 Å². The number of carbonyl (C=O) groups excluding carboxylic acids is 3. The minimum absolute atomic E-state index is 0.0546. The van der Waals surface area contributed by atoms with Crippen molar-refractivity contribution in [2.24, 2.45) is 5.92 Å². The van der Waals surface area contributed by atoms with Crippen LogP contribution in [0.15, 0.2) is 17.2 Å². The van der Waals surface area contributed by atoms with Crippen LogP contribution < -0.4 is 5.32 Å². The van der Waals surface area contributed by atoms with Crippen molar-refractivity contribution < 1.29 is 28.6 Å². The second-order valence-corrected chi connectivity index (χ2v) is 9.70. The topological polar surface area (TPSA) is 109 Å². The number of esters is 1. The molecule has 1 aliphatic carbocycles. The highest BCUT2D eigenvalue weighted by Crippen LogP contribution is 2.50. The summed E-state index contributed by atoms with van der Waals surface area (Å²) in [5.41, 5.74) is 7.04. The molecule has 1 aromatic heterocycles. The van der Waals surface area contributed by atoms with Crippen molar-refractivity contribution >= 4 is 29.1 Å². The molecule has 0 radical (unpaired) electrons. The van der Waals surface area contributed by atoms with Crippen molar-refractivity contribution in [3.63, 3.8) is 0 Å². The maximum atomic E-state index is 14.8. The number of aliphatic hydroxyl groups excluding tert-OH is 1. The molecule has 36 heavy (non-hydrogen) atoms. The number of hydrogen-bond donors (Lipinski definition) is 2. The predicted octanol–water partition coefficient (Wildman–Crippen LogP) is 2.73. The predicted molar refractivity (Wildman–Crippen MR) is 129 cm³/mol. The fourth-order valence-electron chi connectivity index (χ4n) is 6.32. The van der Waals surface area contributed by atoms with Crippen LogP contribution in [-0.2, 0) is 32.1 Å². The lowest BCUT2D eigenvalue weighted by atomic mass is 9.80. The van der Waals surface area contributed by atoms with Gasteiger partial charge in [0.2, 0.25) is 0 Å². The van der Waals surface area contributed by atoms with Crippen molar-refractivity contribution in [3.8, 4) is 0 Å². The number of nitrogens with one attached hydrogen (secondary N) is 1. The van der Waals surface area contributed by atoms with Gasteiger partial charge in [-0.2, -0.15) is 0 Å². The van der Waals surface area contributed by atoms with Crippen LogP contribution in [0.1, 0.15) is 66.2 Å². The lowest BCUT2D eigenvalue weighted by Crippen LogP contribution is -2.42. The normalized spacial score (nSPS) is 24.0. The molecule has 0 saturated heterocycles. The summed E-state index contributed by atoms with van der Waals surface area (Å²) < 4.78 is 20.1. The van der Waals surface area contributed by atoms with E-state index in [-0.39, 0.29) is 48.9 Å². The molecular weight excluding hydrogens is 465 g/mol. The van der Waals surface area contributed by atoms with Gasteiger partial charge in [0, 0.05) is 29.6 Å². The Labute approximate surface area is 208 Å². The molecule has 190 valence electrons. The number of benzene rings is 1. The number of pyridine rings is 1. The van der Waals surface area contributed by atoms with E-state index in [4.69, 9.17) is 19.6 Å². The maximum absolute atomic E-state index is 14.8. The standard InChI is InChI=1S/C25H26FN3O3.C2H4O2/c1-4-12-14-7-20-23-15(9-29(20)24(30)16(14)10-32-25(12)31)22-18(27-3)6-5-13-11(2)17(26)8-19(28-23)21(13)22;3-1-2-4/h8,12,18,20,27H,4-7,9-10H2,1-3H3;1,4H,2H2. The average Bonchev–Trinajstić information content (AvgIpc) is 3.25. The third kappa shape index (κ3) is 3.56. The van der Waals surface area contributed by atoms with Gasteiger partial charge in [-0.25, -0.2) is 4.39 Å². The van der Waals surface area contributed by atoms with Crippen LogP contribution in [0.3, 0.4) is 0 Å². The largest absolute Gasteiger partial charge is 0.460 e. The summed E-state index contributed by atoms with van der Waals surface area (Å²) in [5.74, 6) is -0.903. The number of ether oxygens (including phenoxy) is 1. The number of aliphatic hydroxyl groups is 1. The van der Waals surface area contributed by atoms with Gasteiger partial charge in [-0.3, -0.25) is 14.6 Å². The number of aryl methyl sites for hydroxylation is 1. The molecule has 4 aliphatic rings. The summed E-state index contributed by atoms with van der Waals surface area (Å²) in [4.78, 5) is 41.6. The first kappa shape index (κ1) is 24.5. The summed E-state index contributed by atoms with van der Waals surface area (Å²) in [5, 5.41) is 12.0. The van der Waals surface area contributed by atoms with E-state index < -0.39 is 0 Å². The number of rotatable bonds is 3. The lowest BCUT2D eigenvalue weighted by molar-refractivity contribution is -0.149. The molecule has 4 heterocycles. The van der Waals surface area contributed by atoms with Crippen LogP contribution >= 0.6 is 0 Å². The van der Waals surface area contributed by atoms with E-state index in [1.54, 1.807) is 6.07 Å². The number of cyclic esters (lactones) is 1. The van der Waals surface area contributed by atoms with Crippen LogP contribution in [0.5, 0.6) is 0 Å². The van der Waals surface area contributed by atoms with Gasteiger partial charge >= 0.3 is 5.97 Å². The molecule has 3 unspecified atom stereocenters. The number of amides is 1. The molecule has 3 atom stereocenters. The van der Waals surface area contributed by atoms with Gasteiger partial charge in [0.05, 0.1) is 35.4 Å². The molecule has 1 aromatic carbocycles. The Bertz CT molecular complexity index is 1320. The van der Waals surface area contributed by atoms with Crippen LogP contribution in [0.4, 0.5) is 4.39 Å². The molecule has 0 saturated carbocycles. The van der Waals surface area contributed by atoms with Crippen LogP contribution in [0.2, 0.25) is 0 Å². The Morgan fingerprint density at radius 2 is 2.08 bits per heavy atom. The summed E-state index contributed by atoms with van der Waals surface area (Å²) in [7, 11) is 1.95. The van der Waals surface area contributed by atoms with Crippen molar-refractivity contribution in [2.45, 2.75) is 58.2 Å². The Morgan fingerprint density at radius 1 is 1.33 bits per heavy atom. The zero-order valence-electron chi connectivity index (χ0n) is 20.7. The number of aromatic nitrogens is 1. The minimum atomic E-state index is -0.371. The second kappa shape index (κ2) is 9.37. The van der Waals surface area contributed by atoms with Gasteiger partial charge in [0.25, 0.3) is 5.91 Å². The third-order valence-corrected chi connectivity index (χ3v) is 8.04. The highest BCUT2D eigenvalue weighted by molar-refractivity contribution is 5.99. The zero-order valence-corrected chi connectivity index (χ0v) is 20.7. The van der Waals surface area contributed by atoms with Crippen molar-refractivity contribution in [1.82, 2.24) is 15.2 Å². The van der Waals surface area contributed by atoms with Crippen LogP contribution in [-0.4, -0.2) is 53.4 Å². The summed E-state index contributed by atoms with van der Waals surface area (Å²) >= 11 is 0. The number of halogens is 1. The molecule has 9 heteroatoms. The zero-order chi connectivity index (χ0) is 25.7. The molecule has 8 nitrogen and oxygen atoms in total. The van der Waals surface area contributed by atoms with Crippen LogP contribution in [0, 0.1) is 18.7 Å². The number of carbonyl (C=O) groups is 3. The van der Waals surface area contributed by atoms with Crippen molar-refractivity contribution in [1.29, 1.82) is 0 Å². The number of aldehydes is 1. The fraction of sp³-hybridized carbons (Fsp3) is 0.481. The third-order valence-electron chi connectivity index (χ3n) is 8.04. The van der Waals surface area contributed by atoms with Gasteiger partial charge in [-0.15, -0.1) is 0 Å². The van der Waals surface area contributed by atoms with E-state index in [2.05, 4.69) is 5.32 Å². The number of hydrogen-bond acceptors (Lipinski definition) is 7.